The fourth-order valence-electron chi connectivity index (χ4n) is 1.21. The van der Waals surface area contributed by atoms with E-state index in [1.807, 2.05) is 0 Å². The molecule has 0 aliphatic carbocycles. The molecule has 0 saturated heterocycles. The van der Waals surface area contributed by atoms with Gasteiger partial charge in [-0.15, -0.1) is 0 Å². The van der Waals surface area contributed by atoms with E-state index >= 15 is 0 Å². The number of halogens is 1. The first-order valence-electron chi connectivity index (χ1n) is 4.63. The Morgan fingerprint density at radius 1 is 1.50 bits per heavy atom. The van der Waals surface area contributed by atoms with Gasteiger partial charge >= 0.3 is 5.97 Å². The molecule has 0 fully saturated rings. The van der Waals surface area contributed by atoms with Gasteiger partial charge in [0.2, 0.25) is 13.8 Å². The van der Waals surface area contributed by atoms with Gasteiger partial charge in [-0.05, 0) is 18.2 Å². The number of carboxylic acid groups (broad SMARTS) is 1. The molecular formula is C11H9BFNO2. The van der Waals surface area contributed by atoms with Crippen molar-refractivity contribution < 1.29 is 14.3 Å². The second-order valence-electron chi connectivity index (χ2n) is 3.18. The molecule has 0 aromatic heterocycles. The Bertz CT molecular complexity index is 448. The van der Waals surface area contributed by atoms with Crippen molar-refractivity contribution in [3.63, 3.8) is 0 Å². The predicted molar refractivity (Wildman–Crippen MR) is 60.4 cm³/mol. The number of hydrogen-bond donors (Lipinski definition) is 1. The van der Waals surface area contributed by atoms with Crippen molar-refractivity contribution in [1.82, 2.24) is 0 Å². The van der Waals surface area contributed by atoms with Gasteiger partial charge in [-0.3, -0.25) is 0 Å². The van der Waals surface area contributed by atoms with E-state index in [0.717, 1.165) is 0 Å². The number of aliphatic carboxylic acids is 1. The standard InChI is InChI=1S/C11H9BFNO2/c1-14-7-6-10(11(15)16)12-8-2-4-9(13)5-3-8/h2-6,12H,7H2,(H,15,16). The molecule has 0 unspecified atom stereocenters. The topological polar surface area (TPSA) is 41.7 Å². The highest BCUT2D eigenvalue weighted by atomic mass is 19.1. The Balaban J connectivity index is 2.80. The van der Waals surface area contributed by atoms with Gasteiger partial charge < -0.3 is 9.95 Å². The van der Waals surface area contributed by atoms with Gasteiger partial charge in [0.1, 0.15) is 5.82 Å². The van der Waals surface area contributed by atoms with Crippen molar-refractivity contribution in [2.45, 2.75) is 0 Å². The molecule has 5 heteroatoms. The van der Waals surface area contributed by atoms with E-state index in [2.05, 4.69) is 4.85 Å². The van der Waals surface area contributed by atoms with Crippen LogP contribution in [0.5, 0.6) is 0 Å². The lowest BCUT2D eigenvalue weighted by Gasteiger charge is -1.99. The summed E-state index contributed by atoms with van der Waals surface area (Å²) < 4.78 is 12.6. The molecule has 0 aliphatic rings. The van der Waals surface area contributed by atoms with Crippen LogP contribution in [-0.2, 0) is 4.79 Å². The van der Waals surface area contributed by atoms with Gasteiger partial charge in [0.05, 0.1) is 0 Å². The SMILES string of the molecule is [C-]#[N+]CC=C(Bc1ccc(F)cc1)C(=O)O. The smallest absolute Gasteiger partial charge is 0.322 e. The summed E-state index contributed by atoms with van der Waals surface area (Å²) >= 11 is 0. The third kappa shape index (κ3) is 3.58. The molecule has 0 radical (unpaired) electrons. The third-order valence-electron chi connectivity index (χ3n) is 2.01. The Morgan fingerprint density at radius 2 is 2.12 bits per heavy atom. The summed E-state index contributed by atoms with van der Waals surface area (Å²) in [7, 11) is 0.200. The average Bonchev–Trinajstić information content (AvgIpc) is 2.26. The Kier molecular flexibility index (Phi) is 4.28. The monoisotopic (exact) mass is 217 g/mol. The molecule has 16 heavy (non-hydrogen) atoms. The lowest BCUT2D eigenvalue weighted by atomic mass is 9.63. The second-order valence-corrected chi connectivity index (χ2v) is 3.18. The van der Waals surface area contributed by atoms with E-state index in [9.17, 15) is 9.18 Å². The lowest BCUT2D eigenvalue weighted by Crippen LogP contribution is -2.21. The van der Waals surface area contributed by atoms with Gasteiger partial charge in [0.25, 0.3) is 0 Å². The summed E-state index contributed by atoms with van der Waals surface area (Å²) in [6, 6.07) is 5.63. The van der Waals surface area contributed by atoms with Gasteiger partial charge in [0, 0.05) is 5.47 Å². The number of hydrogen-bond acceptors (Lipinski definition) is 1. The molecule has 0 saturated carbocycles. The normalized spacial score (nSPS) is 10.6. The lowest BCUT2D eigenvalue weighted by molar-refractivity contribution is -0.131. The molecule has 80 valence electrons. The number of rotatable bonds is 4. The van der Waals surface area contributed by atoms with E-state index in [1.165, 1.54) is 30.3 Å². The minimum absolute atomic E-state index is 0.0445. The molecule has 0 aliphatic heterocycles. The van der Waals surface area contributed by atoms with Crippen molar-refractivity contribution in [3.8, 4) is 0 Å². The van der Waals surface area contributed by atoms with E-state index in [0.29, 0.717) is 5.46 Å². The van der Waals surface area contributed by atoms with Crippen molar-refractivity contribution in [2.75, 3.05) is 6.54 Å². The van der Waals surface area contributed by atoms with Crippen LogP contribution in [0.4, 0.5) is 4.39 Å². The number of carboxylic acids is 1. The molecule has 3 nitrogen and oxygen atoms in total. The largest absolute Gasteiger partial charge is 0.478 e. The van der Waals surface area contributed by atoms with Crippen LogP contribution >= 0.6 is 0 Å². The summed E-state index contributed by atoms with van der Waals surface area (Å²) in [4.78, 5) is 13.9. The number of nitrogens with zero attached hydrogens (tertiary/aromatic N) is 1. The van der Waals surface area contributed by atoms with Crippen LogP contribution in [0.2, 0.25) is 0 Å². The van der Waals surface area contributed by atoms with E-state index in [4.69, 9.17) is 11.7 Å². The zero-order valence-corrected chi connectivity index (χ0v) is 8.48. The molecule has 1 rings (SSSR count). The van der Waals surface area contributed by atoms with E-state index in [-0.39, 0.29) is 25.1 Å². The molecule has 0 heterocycles. The molecule has 0 bridgehead atoms. The van der Waals surface area contributed by atoms with E-state index < -0.39 is 5.97 Å². The maximum atomic E-state index is 12.6. The minimum atomic E-state index is -1.05. The summed E-state index contributed by atoms with van der Waals surface area (Å²) in [5.74, 6) is -1.40. The van der Waals surface area contributed by atoms with Crippen LogP contribution < -0.4 is 5.46 Å². The molecule has 0 amide bonds. The zero-order valence-electron chi connectivity index (χ0n) is 8.48. The fraction of sp³-hybridized carbons (Fsp3) is 0.0909. The molecule has 0 spiro atoms. The Hall–Kier alpha value is -2.09. The quantitative estimate of drug-likeness (QED) is 0.459. The third-order valence-corrected chi connectivity index (χ3v) is 2.01. The summed E-state index contributed by atoms with van der Waals surface area (Å²) in [6.07, 6.45) is 1.37. The van der Waals surface area contributed by atoms with Crippen molar-refractivity contribution >= 4 is 18.7 Å². The van der Waals surface area contributed by atoms with Crippen LogP contribution in [0, 0.1) is 12.4 Å². The first-order chi connectivity index (χ1) is 7.63. The maximum Gasteiger partial charge on any atom is 0.322 e. The highest BCUT2D eigenvalue weighted by Gasteiger charge is 2.10. The van der Waals surface area contributed by atoms with Gasteiger partial charge in [0.15, 0.2) is 0 Å². The highest BCUT2D eigenvalue weighted by Crippen LogP contribution is 1.97. The summed E-state index contributed by atoms with van der Waals surface area (Å²) in [5, 5.41) is 8.87. The molecule has 1 N–H and O–H groups in total. The fourth-order valence-corrected chi connectivity index (χ4v) is 1.21. The molecule has 1 aromatic rings. The first-order valence-corrected chi connectivity index (χ1v) is 4.63. The molecular weight excluding hydrogens is 208 g/mol. The summed E-state index contributed by atoms with van der Waals surface area (Å²) in [5.41, 5.74) is 0.864. The Labute approximate surface area is 93.3 Å². The van der Waals surface area contributed by atoms with Gasteiger partial charge in [-0.25, -0.2) is 15.8 Å². The number of carbonyl (C=O) groups is 1. The zero-order chi connectivity index (χ0) is 12.0. The predicted octanol–water partition coefficient (Wildman–Crippen LogP) is 0.775. The maximum absolute atomic E-state index is 12.6. The van der Waals surface area contributed by atoms with Crippen molar-refractivity contribution in [2.24, 2.45) is 0 Å². The molecule has 1 aromatic carbocycles. The van der Waals surface area contributed by atoms with Gasteiger partial charge in [-0.2, -0.15) is 0 Å². The van der Waals surface area contributed by atoms with Crippen molar-refractivity contribution in [1.29, 1.82) is 0 Å². The Morgan fingerprint density at radius 3 is 2.62 bits per heavy atom. The number of benzene rings is 1. The van der Waals surface area contributed by atoms with Crippen LogP contribution in [0.3, 0.4) is 0 Å². The minimum Gasteiger partial charge on any atom is -0.478 e. The average molecular weight is 217 g/mol. The van der Waals surface area contributed by atoms with Gasteiger partial charge in [-0.1, -0.05) is 17.6 Å². The van der Waals surface area contributed by atoms with Crippen LogP contribution in [0.15, 0.2) is 35.8 Å². The van der Waals surface area contributed by atoms with Crippen LogP contribution in [0.1, 0.15) is 0 Å². The first kappa shape index (κ1) is 12.0. The highest BCUT2D eigenvalue weighted by molar-refractivity contribution is 6.66. The van der Waals surface area contributed by atoms with E-state index in [1.54, 1.807) is 0 Å². The second kappa shape index (κ2) is 5.71. The van der Waals surface area contributed by atoms with Crippen LogP contribution in [-0.4, -0.2) is 24.9 Å². The van der Waals surface area contributed by atoms with Crippen LogP contribution in [0.25, 0.3) is 4.85 Å². The summed E-state index contributed by atoms with van der Waals surface area (Å²) in [6.45, 7) is 6.63. The molecule has 0 atom stereocenters. The van der Waals surface area contributed by atoms with Crippen molar-refractivity contribution in [3.05, 3.63) is 53.0 Å².